The van der Waals surface area contributed by atoms with Crippen molar-refractivity contribution in [3.8, 4) is 5.75 Å². The summed E-state index contributed by atoms with van der Waals surface area (Å²) in [7, 11) is 0. The number of anilines is 1. The summed E-state index contributed by atoms with van der Waals surface area (Å²) in [4.78, 5) is 16.9. The molecule has 4 rings (SSSR count). The zero-order valence-corrected chi connectivity index (χ0v) is 14.7. The fourth-order valence-electron chi connectivity index (χ4n) is 3.00. The van der Waals surface area contributed by atoms with E-state index < -0.39 is 36.8 Å². The molecule has 1 aliphatic rings. The van der Waals surface area contributed by atoms with Crippen molar-refractivity contribution < 1.29 is 22.7 Å². The lowest BCUT2D eigenvalue weighted by Crippen LogP contribution is -2.44. The molecule has 1 unspecified atom stereocenters. The Labute approximate surface area is 157 Å². The van der Waals surface area contributed by atoms with E-state index in [2.05, 4.69) is 20.7 Å². The number of benzene rings is 1. The van der Waals surface area contributed by atoms with Crippen molar-refractivity contribution in [3.63, 3.8) is 0 Å². The van der Waals surface area contributed by atoms with E-state index in [0.29, 0.717) is 11.4 Å². The van der Waals surface area contributed by atoms with Gasteiger partial charge in [0.15, 0.2) is 5.65 Å². The molecular weight excluding hydrogens is 375 g/mol. The van der Waals surface area contributed by atoms with Gasteiger partial charge in [-0.3, -0.25) is 4.79 Å². The average Bonchev–Trinajstić information content (AvgIpc) is 3.08. The Morgan fingerprint density at radius 1 is 1.29 bits per heavy atom. The maximum atomic E-state index is 13.8. The van der Waals surface area contributed by atoms with Crippen LogP contribution >= 0.6 is 0 Å². The van der Waals surface area contributed by atoms with Crippen molar-refractivity contribution in [3.05, 3.63) is 53.6 Å². The molecule has 2 bridgehead atoms. The van der Waals surface area contributed by atoms with E-state index in [4.69, 9.17) is 4.74 Å². The van der Waals surface area contributed by atoms with Gasteiger partial charge in [0.1, 0.15) is 35.6 Å². The number of ether oxygens (including phenoxy) is 1. The number of nitrogens with zero attached hydrogens (tertiary/aromatic N) is 3. The Hall–Kier alpha value is -3.30. The van der Waals surface area contributed by atoms with E-state index in [1.54, 1.807) is 19.2 Å². The highest BCUT2D eigenvalue weighted by molar-refractivity contribution is 6.00. The lowest BCUT2D eigenvalue weighted by atomic mass is 10.1. The summed E-state index contributed by atoms with van der Waals surface area (Å²) in [6.45, 7) is 1.28. The lowest BCUT2D eigenvalue weighted by Gasteiger charge is -2.21. The van der Waals surface area contributed by atoms with Crippen LogP contribution in [-0.4, -0.2) is 39.6 Å². The van der Waals surface area contributed by atoms with Crippen LogP contribution in [0.5, 0.6) is 5.75 Å². The van der Waals surface area contributed by atoms with Crippen molar-refractivity contribution in [2.24, 2.45) is 0 Å². The van der Waals surface area contributed by atoms with E-state index in [9.17, 15) is 18.0 Å². The highest BCUT2D eigenvalue weighted by Gasteiger charge is 2.27. The Morgan fingerprint density at radius 2 is 2.11 bits per heavy atom. The Kier molecular flexibility index (Phi) is 4.54. The summed E-state index contributed by atoms with van der Waals surface area (Å²) in [6.07, 6.45) is -0.0155. The van der Waals surface area contributed by atoms with Crippen molar-refractivity contribution in [2.45, 2.75) is 25.4 Å². The van der Waals surface area contributed by atoms with Gasteiger partial charge in [-0.05, 0) is 31.2 Å². The number of fused-ring (bicyclic) bond motifs is 2. The Balaban J connectivity index is 1.83. The van der Waals surface area contributed by atoms with Crippen molar-refractivity contribution >= 4 is 17.4 Å². The molecule has 28 heavy (non-hydrogen) atoms. The lowest BCUT2D eigenvalue weighted by molar-refractivity contribution is 0.0600. The normalized spacial score (nSPS) is 19.8. The first-order valence-electron chi connectivity index (χ1n) is 8.54. The fraction of sp³-hybridized carbons (Fsp3) is 0.278. The van der Waals surface area contributed by atoms with Gasteiger partial charge in [0, 0.05) is 11.8 Å². The molecule has 2 N–H and O–H groups in total. The number of carbonyl (C=O) groups is 1. The maximum Gasteiger partial charge on any atom is 0.261 e. The molecule has 0 aliphatic carbocycles. The minimum atomic E-state index is -2.86. The summed E-state index contributed by atoms with van der Waals surface area (Å²) in [5.74, 6) is -0.570. The van der Waals surface area contributed by atoms with E-state index >= 15 is 0 Å². The smallest absolute Gasteiger partial charge is 0.261 e. The van der Waals surface area contributed by atoms with Gasteiger partial charge >= 0.3 is 0 Å². The Bertz CT molecular complexity index is 1040. The molecule has 0 saturated carbocycles. The second-order valence-corrected chi connectivity index (χ2v) is 6.41. The summed E-state index contributed by atoms with van der Waals surface area (Å²) in [5.41, 5.74) is 0.709. The first-order chi connectivity index (χ1) is 13.4. The second-order valence-electron chi connectivity index (χ2n) is 6.41. The molecule has 0 fully saturated rings. The van der Waals surface area contributed by atoms with Crippen molar-refractivity contribution in [1.82, 2.24) is 19.9 Å². The van der Waals surface area contributed by atoms with Crippen LogP contribution < -0.4 is 15.4 Å². The summed E-state index contributed by atoms with van der Waals surface area (Å²) in [6, 6.07) is 3.46. The topological polar surface area (TPSA) is 80.5 Å². The molecule has 1 amide bonds. The third kappa shape index (κ3) is 3.32. The van der Waals surface area contributed by atoms with Crippen LogP contribution in [0.25, 0.3) is 5.65 Å². The molecule has 3 aromatic rings. The van der Waals surface area contributed by atoms with Crippen LogP contribution in [0.15, 0.2) is 36.7 Å². The van der Waals surface area contributed by atoms with Crippen molar-refractivity contribution in [2.75, 3.05) is 11.9 Å². The predicted molar refractivity (Wildman–Crippen MR) is 94.2 cm³/mol. The molecule has 2 atom stereocenters. The minimum absolute atomic E-state index is 0.0600. The van der Waals surface area contributed by atoms with Gasteiger partial charge in [-0.1, -0.05) is 0 Å². The molecule has 1 aromatic carbocycles. The number of aromatic nitrogens is 3. The zero-order valence-electron chi connectivity index (χ0n) is 14.7. The highest BCUT2D eigenvalue weighted by Crippen LogP contribution is 2.29. The molecule has 2 aromatic heterocycles. The zero-order chi connectivity index (χ0) is 19.8. The first-order valence-corrected chi connectivity index (χ1v) is 8.54. The van der Waals surface area contributed by atoms with Crippen LogP contribution in [0.3, 0.4) is 0 Å². The molecule has 1 aliphatic heterocycles. The van der Waals surface area contributed by atoms with Gasteiger partial charge in [-0.25, -0.2) is 22.7 Å². The standard InChI is InChI=1S/C18H16F3N5O2/c1-9-11-6-10(19)2-3-14(11)28-8-13(16(20)21)24-18(27)12-7-22-26-5-4-15(23-9)25-17(12)26/h2-7,9,13,16H,8H2,1H3,(H,23,25)(H,24,27)/t9-,13?/m1/s1. The number of nitrogens with one attached hydrogen (secondary N) is 2. The number of hydrogen-bond acceptors (Lipinski definition) is 5. The van der Waals surface area contributed by atoms with E-state index in [0.717, 1.165) is 0 Å². The molecule has 10 heteroatoms. The van der Waals surface area contributed by atoms with Gasteiger partial charge in [-0.2, -0.15) is 5.10 Å². The second kappa shape index (κ2) is 7.02. The molecule has 3 heterocycles. The number of alkyl halides is 2. The maximum absolute atomic E-state index is 13.8. The SMILES string of the molecule is C[C@H]1Nc2ccn3ncc(c3n2)C(=O)NC(C(F)F)COc2ccc(F)cc21. The third-order valence-electron chi connectivity index (χ3n) is 4.46. The monoisotopic (exact) mass is 391 g/mol. The summed E-state index contributed by atoms with van der Waals surface area (Å²) < 4.78 is 47.6. The molecule has 146 valence electrons. The number of hydrogen-bond donors (Lipinski definition) is 2. The van der Waals surface area contributed by atoms with Crippen LogP contribution in [-0.2, 0) is 0 Å². The van der Waals surface area contributed by atoms with Crippen LogP contribution in [0, 0.1) is 5.82 Å². The molecule has 0 spiro atoms. The van der Waals surface area contributed by atoms with Crippen LogP contribution in [0.2, 0.25) is 0 Å². The number of carbonyl (C=O) groups excluding carboxylic acids is 1. The predicted octanol–water partition coefficient (Wildman–Crippen LogP) is 2.80. The summed E-state index contributed by atoms with van der Waals surface area (Å²) in [5, 5.41) is 9.39. The molecular formula is C18H16F3N5O2. The van der Waals surface area contributed by atoms with E-state index in [1.807, 2.05) is 0 Å². The van der Waals surface area contributed by atoms with Gasteiger partial charge < -0.3 is 15.4 Å². The number of rotatable bonds is 1. The Morgan fingerprint density at radius 3 is 2.89 bits per heavy atom. The molecule has 0 radical (unpaired) electrons. The number of amides is 1. The summed E-state index contributed by atoms with van der Waals surface area (Å²) >= 11 is 0. The minimum Gasteiger partial charge on any atom is -0.491 e. The van der Waals surface area contributed by atoms with Crippen LogP contribution in [0.1, 0.15) is 28.9 Å². The van der Waals surface area contributed by atoms with Crippen LogP contribution in [0.4, 0.5) is 19.0 Å². The van der Waals surface area contributed by atoms with Gasteiger partial charge in [0.25, 0.3) is 12.3 Å². The third-order valence-corrected chi connectivity index (χ3v) is 4.46. The largest absolute Gasteiger partial charge is 0.491 e. The molecule has 0 saturated heterocycles. The molecule has 7 nitrogen and oxygen atoms in total. The number of halogens is 3. The highest BCUT2D eigenvalue weighted by atomic mass is 19.3. The van der Waals surface area contributed by atoms with E-state index in [-0.39, 0.29) is 17.0 Å². The fourth-order valence-corrected chi connectivity index (χ4v) is 3.00. The van der Waals surface area contributed by atoms with E-state index in [1.165, 1.54) is 28.9 Å². The van der Waals surface area contributed by atoms with Gasteiger partial charge in [0.2, 0.25) is 0 Å². The van der Waals surface area contributed by atoms with Crippen molar-refractivity contribution in [1.29, 1.82) is 0 Å². The van der Waals surface area contributed by atoms with Gasteiger partial charge in [0.05, 0.1) is 12.2 Å². The average molecular weight is 391 g/mol. The quantitative estimate of drug-likeness (QED) is 0.667. The van der Waals surface area contributed by atoms with Gasteiger partial charge in [-0.15, -0.1) is 0 Å². The first kappa shape index (κ1) is 18.1.